The average Bonchev–Trinajstić information content (AvgIpc) is 3.13. The summed E-state index contributed by atoms with van der Waals surface area (Å²) < 4.78 is 2.19. The first kappa shape index (κ1) is 16.1. The van der Waals surface area contributed by atoms with Gasteiger partial charge in [-0.3, -0.25) is 4.79 Å². The molecule has 0 saturated carbocycles. The van der Waals surface area contributed by atoms with Crippen molar-refractivity contribution in [2.75, 3.05) is 5.32 Å². The quantitative estimate of drug-likeness (QED) is 0.734. The highest BCUT2D eigenvalue weighted by molar-refractivity contribution is 7.18. The van der Waals surface area contributed by atoms with Gasteiger partial charge in [0, 0.05) is 11.6 Å². The van der Waals surface area contributed by atoms with Gasteiger partial charge in [-0.15, -0.1) is 16.4 Å². The molecule has 24 heavy (non-hydrogen) atoms. The third kappa shape index (κ3) is 3.40. The number of carbonyl (C=O) groups is 2. The summed E-state index contributed by atoms with van der Waals surface area (Å²) in [5.74, 6) is -1.14. The number of benzene rings is 1. The molecular weight excluding hydrogens is 330 g/mol. The molecule has 3 rings (SSSR count). The Morgan fingerprint density at radius 1 is 1.38 bits per heavy atom. The lowest BCUT2D eigenvalue weighted by atomic mass is 10.2. The first-order valence-electron chi connectivity index (χ1n) is 7.26. The Hall–Kier alpha value is -2.81. The van der Waals surface area contributed by atoms with Crippen molar-refractivity contribution in [2.24, 2.45) is 0 Å². The van der Waals surface area contributed by atoms with Crippen molar-refractivity contribution in [3.63, 3.8) is 0 Å². The molecule has 0 aliphatic heterocycles. The molecule has 2 heterocycles. The number of carboxylic acids is 1. The number of amides is 1. The molecule has 0 bridgehead atoms. The Bertz CT molecular complexity index is 915. The van der Waals surface area contributed by atoms with Gasteiger partial charge in [0.05, 0.1) is 21.4 Å². The number of fused-ring (bicyclic) bond motifs is 1. The fourth-order valence-corrected chi connectivity index (χ4v) is 3.10. The minimum atomic E-state index is -1.18. The summed E-state index contributed by atoms with van der Waals surface area (Å²) in [5.41, 5.74) is 1.36. The van der Waals surface area contributed by atoms with Crippen LogP contribution in [0.25, 0.3) is 10.2 Å². The third-order valence-corrected chi connectivity index (χ3v) is 4.56. The molecule has 1 aromatic carbocycles. The number of nitrogens with one attached hydrogen (secondary N) is 1. The Balaban J connectivity index is 1.71. The van der Waals surface area contributed by atoms with E-state index in [1.54, 1.807) is 17.4 Å². The number of rotatable bonds is 5. The summed E-state index contributed by atoms with van der Waals surface area (Å²) in [7, 11) is 0. The predicted octanol–water partition coefficient (Wildman–Crippen LogP) is 2.35. The summed E-state index contributed by atoms with van der Waals surface area (Å²) in [6, 6.07) is 5.53. The van der Waals surface area contributed by atoms with Gasteiger partial charge >= 0.3 is 5.97 Å². The van der Waals surface area contributed by atoms with Crippen LogP contribution in [-0.2, 0) is 11.3 Å². The molecule has 8 nitrogen and oxygen atoms in total. The van der Waals surface area contributed by atoms with Gasteiger partial charge in [0.15, 0.2) is 5.69 Å². The van der Waals surface area contributed by atoms with Gasteiger partial charge in [-0.05, 0) is 18.2 Å². The number of anilines is 1. The highest BCUT2D eigenvalue weighted by atomic mass is 32.1. The van der Waals surface area contributed by atoms with E-state index in [1.807, 2.05) is 12.1 Å². The van der Waals surface area contributed by atoms with Gasteiger partial charge in [0.2, 0.25) is 5.91 Å². The van der Waals surface area contributed by atoms with E-state index < -0.39 is 5.97 Å². The Morgan fingerprint density at radius 2 is 2.17 bits per heavy atom. The lowest BCUT2D eigenvalue weighted by Crippen LogP contribution is -2.19. The highest BCUT2D eigenvalue weighted by Crippen LogP contribution is 2.29. The van der Waals surface area contributed by atoms with Crippen molar-refractivity contribution in [1.29, 1.82) is 0 Å². The van der Waals surface area contributed by atoms with Crippen LogP contribution in [0.4, 0.5) is 5.69 Å². The third-order valence-electron chi connectivity index (χ3n) is 3.25. The Labute approximate surface area is 141 Å². The molecule has 2 N–H and O–H groups in total. The van der Waals surface area contributed by atoms with E-state index in [1.165, 1.54) is 10.9 Å². The fourth-order valence-electron chi connectivity index (χ4n) is 2.09. The summed E-state index contributed by atoms with van der Waals surface area (Å²) in [6.45, 7) is 4.06. The van der Waals surface area contributed by atoms with Crippen LogP contribution in [0.5, 0.6) is 0 Å². The summed E-state index contributed by atoms with van der Waals surface area (Å²) in [5, 5.41) is 19.7. The van der Waals surface area contributed by atoms with Crippen molar-refractivity contribution < 1.29 is 14.7 Å². The van der Waals surface area contributed by atoms with Gasteiger partial charge in [-0.25, -0.2) is 14.5 Å². The monoisotopic (exact) mass is 345 g/mol. The van der Waals surface area contributed by atoms with Crippen LogP contribution in [0.3, 0.4) is 0 Å². The molecule has 124 valence electrons. The van der Waals surface area contributed by atoms with Crippen molar-refractivity contribution in [3.8, 4) is 0 Å². The van der Waals surface area contributed by atoms with Crippen LogP contribution in [0, 0.1) is 0 Å². The van der Waals surface area contributed by atoms with Crippen molar-refractivity contribution in [3.05, 3.63) is 35.1 Å². The molecule has 0 spiro atoms. The molecule has 0 atom stereocenters. The minimum Gasteiger partial charge on any atom is -0.476 e. The fraction of sp³-hybridized carbons (Fsp3) is 0.267. The molecule has 0 fully saturated rings. The average molecular weight is 345 g/mol. The normalized spacial score (nSPS) is 11.1. The summed E-state index contributed by atoms with van der Waals surface area (Å²) in [4.78, 5) is 27.3. The van der Waals surface area contributed by atoms with Crippen molar-refractivity contribution >= 4 is 39.1 Å². The van der Waals surface area contributed by atoms with Gasteiger partial charge < -0.3 is 10.4 Å². The van der Waals surface area contributed by atoms with Crippen LogP contribution >= 0.6 is 11.3 Å². The molecule has 9 heteroatoms. The molecule has 2 aromatic heterocycles. The molecule has 0 aliphatic carbocycles. The highest BCUT2D eigenvalue weighted by Gasteiger charge is 2.12. The maximum Gasteiger partial charge on any atom is 0.358 e. The maximum atomic E-state index is 12.1. The topological polar surface area (TPSA) is 110 Å². The summed E-state index contributed by atoms with van der Waals surface area (Å²) >= 11 is 1.60. The Morgan fingerprint density at radius 3 is 2.83 bits per heavy atom. The van der Waals surface area contributed by atoms with Gasteiger partial charge in [-0.2, -0.15) is 0 Å². The summed E-state index contributed by atoms with van der Waals surface area (Å²) in [6.07, 6.45) is 1.21. The first-order valence-corrected chi connectivity index (χ1v) is 8.08. The van der Waals surface area contributed by atoms with E-state index in [-0.39, 0.29) is 18.1 Å². The minimum absolute atomic E-state index is 0.113. The number of carbonyl (C=O) groups excluding carboxylic acids is 1. The predicted molar refractivity (Wildman–Crippen MR) is 89.3 cm³/mol. The molecule has 1 amide bonds. The van der Waals surface area contributed by atoms with Crippen molar-refractivity contribution in [1.82, 2.24) is 20.0 Å². The van der Waals surface area contributed by atoms with Gasteiger partial charge in [-0.1, -0.05) is 19.1 Å². The second-order valence-corrected chi connectivity index (χ2v) is 6.61. The van der Waals surface area contributed by atoms with Crippen LogP contribution in [0.2, 0.25) is 0 Å². The molecule has 0 unspecified atom stereocenters. The molecular formula is C15H15N5O3S. The zero-order valence-electron chi connectivity index (χ0n) is 13.1. The molecule has 0 radical (unpaired) electrons. The zero-order valence-corrected chi connectivity index (χ0v) is 13.9. The van der Waals surface area contributed by atoms with E-state index >= 15 is 0 Å². The van der Waals surface area contributed by atoms with Crippen LogP contribution in [0.15, 0.2) is 24.4 Å². The second-order valence-electron chi connectivity index (χ2n) is 5.54. The molecule has 0 saturated heterocycles. The van der Waals surface area contributed by atoms with E-state index in [4.69, 9.17) is 5.11 Å². The van der Waals surface area contributed by atoms with E-state index in [0.717, 1.165) is 15.2 Å². The Kier molecular flexibility index (Phi) is 4.26. The van der Waals surface area contributed by atoms with E-state index in [2.05, 4.69) is 34.5 Å². The zero-order chi connectivity index (χ0) is 17.3. The van der Waals surface area contributed by atoms with Crippen LogP contribution in [0.1, 0.15) is 35.3 Å². The smallest absolute Gasteiger partial charge is 0.358 e. The van der Waals surface area contributed by atoms with E-state index in [9.17, 15) is 9.59 Å². The van der Waals surface area contributed by atoms with E-state index in [0.29, 0.717) is 11.6 Å². The number of aromatic nitrogens is 4. The number of thiazole rings is 1. The lowest BCUT2D eigenvalue weighted by Gasteiger charge is -2.04. The van der Waals surface area contributed by atoms with Crippen LogP contribution in [-0.4, -0.2) is 37.0 Å². The van der Waals surface area contributed by atoms with Crippen molar-refractivity contribution in [2.45, 2.75) is 26.3 Å². The molecule has 0 aliphatic rings. The standard InChI is InChI=1S/C15H15N5O3S/c1-8(2)14-17-10-4-3-9(5-12(10)24-14)16-13(21)7-20-6-11(15(22)23)18-19-20/h3-6,8H,7H2,1-2H3,(H,16,21)(H,22,23). The number of carboxylic acid groups (broad SMARTS) is 1. The number of hydrogen-bond acceptors (Lipinski definition) is 6. The maximum absolute atomic E-state index is 12.1. The number of nitrogens with zero attached hydrogens (tertiary/aromatic N) is 4. The van der Waals surface area contributed by atoms with Gasteiger partial charge in [0.25, 0.3) is 0 Å². The SMILES string of the molecule is CC(C)c1nc2ccc(NC(=O)Cn3cc(C(=O)O)nn3)cc2s1. The molecule has 3 aromatic rings. The second kappa shape index (κ2) is 6.36. The largest absolute Gasteiger partial charge is 0.476 e. The lowest BCUT2D eigenvalue weighted by molar-refractivity contribution is -0.116. The van der Waals surface area contributed by atoms with Crippen LogP contribution < -0.4 is 5.32 Å². The number of aromatic carboxylic acids is 1. The van der Waals surface area contributed by atoms with Gasteiger partial charge in [0.1, 0.15) is 6.54 Å². The first-order chi connectivity index (χ1) is 11.4. The number of hydrogen-bond donors (Lipinski definition) is 2.